The van der Waals surface area contributed by atoms with Gasteiger partial charge in [0.1, 0.15) is 17.7 Å². The van der Waals surface area contributed by atoms with E-state index in [-0.39, 0.29) is 6.54 Å². The maximum absolute atomic E-state index is 11.5. The fraction of sp³-hybridized carbons (Fsp3) is 0.818. The molecule has 0 aliphatic carbocycles. The summed E-state index contributed by atoms with van der Waals surface area (Å²) < 4.78 is 11.1. The van der Waals surface area contributed by atoms with Crippen LogP contribution in [0.5, 0.6) is 0 Å². The van der Waals surface area contributed by atoms with E-state index in [1.807, 2.05) is 0 Å². The number of ether oxygens (including phenoxy) is 2. The smallest absolute Gasteiger partial charge is 0.420 e. The highest BCUT2D eigenvalue weighted by Gasteiger charge is 2.24. The summed E-state index contributed by atoms with van der Waals surface area (Å²) in [5, 5.41) is 0. The molecule has 0 heterocycles. The minimum atomic E-state index is -0.622. The van der Waals surface area contributed by atoms with Crippen LogP contribution in [0.15, 0.2) is 0 Å². The third-order valence-electron chi connectivity index (χ3n) is 1.28. The lowest BCUT2D eigenvalue weighted by molar-refractivity contribution is -0.154. The quantitative estimate of drug-likeness (QED) is 0.581. The first-order valence-electron chi connectivity index (χ1n) is 5.29. The number of hydrogen-bond acceptors (Lipinski definition) is 4. The van der Waals surface area contributed by atoms with Crippen molar-refractivity contribution in [3.05, 3.63) is 0 Å². The van der Waals surface area contributed by atoms with Crippen molar-refractivity contribution >= 4 is 28.2 Å². The minimum Gasteiger partial charge on any atom is -0.459 e. The first kappa shape index (κ1) is 16.2. The highest BCUT2D eigenvalue weighted by atomic mass is 79.9. The van der Waals surface area contributed by atoms with Gasteiger partial charge < -0.3 is 9.47 Å². The maximum Gasteiger partial charge on any atom is 0.420 e. The normalized spacial score (nSPS) is 11.9. The molecule has 6 heteroatoms. The van der Waals surface area contributed by atoms with Crippen molar-refractivity contribution in [3.8, 4) is 0 Å². The average molecular weight is 310 g/mol. The number of nitrogens with zero attached hydrogens (tertiary/aromatic N) is 1. The predicted octanol–water partition coefficient (Wildman–Crippen LogP) is 2.88. The fourth-order valence-corrected chi connectivity index (χ4v) is 1.14. The lowest BCUT2D eigenvalue weighted by Gasteiger charge is -2.24. The molecule has 0 bridgehead atoms. The standard InChI is InChI=1S/C11H20BrNO4/c1-10(2,3)16-8(14)7-13(12)9(15)17-11(4,5)6/h7H2,1-6H3. The summed E-state index contributed by atoms with van der Waals surface area (Å²) in [5.41, 5.74) is -1.17. The van der Waals surface area contributed by atoms with E-state index in [0.29, 0.717) is 0 Å². The molecule has 0 unspecified atom stereocenters. The Bertz CT molecular complexity index is 291. The van der Waals surface area contributed by atoms with Crippen molar-refractivity contribution in [1.29, 1.82) is 0 Å². The van der Waals surface area contributed by atoms with Crippen LogP contribution < -0.4 is 0 Å². The first-order valence-corrected chi connectivity index (χ1v) is 6.00. The van der Waals surface area contributed by atoms with Gasteiger partial charge in [0.05, 0.1) is 16.1 Å². The number of esters is 1. The van der Waals surface area contributed by atoms with Crippen LogP contribution in [-0.2, 0) is 14.3 Å². The van der Waals surface area contributed by atoms with Crippen LogP contribution >= 0.6 is 16.1 Å². The molecule has 0 rings (SSSR count). The van der Waals surface area contributed by atoms with Gasteiger partial charge in [0.15, 0.2) is 0 Å². The summed E-state index contributed by atoms with van der Waals surface area (Å²) in [6, 6.07) is 0. The number of carbonyl (C=O) groups excluding carboxylic acids is 2. The molecule has 0 spiro atoms. The van der Waals surface area contributed by atoms with Crippen LogP contribution in [0.4, 0.5) is 4.79 Å². The monoisotopic (exact) mass is 309 g/mol. The molecule has 0 aliphatic heterocycles. The van der Waals surface area contributed by atoms with Gasteiger partial charge in [0.2, 0.25) is 0 Å². The van der Waals surface area contributed by atoms with Crippen LogP contribution in [0, 0.1) is 0 Å². The summed E-state index contributed by atoms with van der Waals surface area (Å²) in [5.74, 6) is -0.500. The Balaban J connectivity index is 4.22. The van der Waals surface area contributed by atoms with Gasteiger partial charge in [0, 0.05) is 0 Å². The third kappa shape index (κ3) is 8.97. The number of amides is 1. The van der Waals surface area contributed by atoms with Gasteiger partial charge in [-0.3, -0.25) is 4.79 Å². The van der Waals surface area contributed by atoms with E-state index in [1.54, 1.807) is 41.5 Å². The first-order chi connectivity index (χ1) is 7.41. The Morgan fingerprint density at radius 3 is 1.76 bits per heavy atom. The molecule has 0 aliphatic rings. The van der Waals surface area contributed by atoms with Crippen LogP contribution in [-0.4, -0.2) is 33.7 Å². The molecule has 0 atom stereocenters. The van der Waals surface area contributed by atoms with E-state index >= 15 is 0 Å². The van der Waals surface area contributed by atoms with E-state index in [9.17, 15) is 9.59 Å². The fourth-order valence-electron chi connectivity index (χ4n) is 0.863. The van der Waals surface area contributed by atoms with Gasteiger partial charge in [-0.05, 0) is 41.5 Å². The topological polar surface area (TPSA) is 55.8 Å². The van der Waals surface area contributed by atoms with Crippen molar-refractivity contribution in [2.24, 2.45) is 0 Å². The molecule has 0 aromatic rings. The molecular weight excluding hydrogens is 290 g/mol. The number of hydrogen-bond donors (Lipinski definition) is 0. The van der Waals surface area contributed by atoms with Gasteiger partial charge in [-0.2, -0.15) is 0 Å². The second-order valence-corrected chi connectivity index (χ2v) is 6.44. The largest absolute Gasteiger partial charge is 0.459 e. The van der Waals surface area contributed by atoms with Gasteiger partial charge >= 0.3 is 12.1 Å². The Morgan fingerprint density at radius 2 is 1.41 bits per heavy atom. The molecule has 0 saturated carbocycles. The third-order valence-corrected chi connectivity index (χ3v) is 1.82. The average Bonchev–Trinajstić information content (AvgIpc) is 1.95. The zero-order valence-corrected chi connectivity index (χ0v) is 12.8. The summed E-state index contributed by atoms with van der Waals surface area (Å²) >= 11 is 2.96. The molecule has 0 N–H and O–H groups in total. The highest BCUT2D eigenvalue weighted by Crippen LogP contribution is 2.13. The molecule has 0 saturated heterocycles. The second kappa shape index (κ2) is 5.71. The Labute approximate surface area is 111 Å². The molecule has 100 valence electrons. The van der Waals surface area contributed by atoms with E-state index in [2.05, 4.69) is 16.1 Å². The second-order valence-electron chi connectivity index (χ2n) is 5.59. The molecule has 5 nitrogen and oxygen atoms in total. The van der Waals surface area contributed by atoms with Crippen molar-refractivity contribution in [3.63, 3.8) is 0 Å². The number of rotatable bonds is 2. The van der Waals surface area contributed by atoms with Crippen LogP contribution in [0.1, 0.15) is 41.5 Å². The van der Waals surface area contributed by atoms with Crippen molar-refractivity contribution in [2.45, 2.75) is 52.7 Å². The molecule has 1 amide bonds. The molecule has 0 radical (unpaired) electrons. The molecule has 0 aromatic heterocycles. The highest BCUT2D eigenvalue weighted by molar-refractivity contribution is 9.07. The zero-order valence-electron chi connectivity index (χ0n) is 11.2. The van der Waals surface area contributed by atoms with Gasteiger partial charge in [-0.15, -0.1) is 0 Å². The molecule has 17 heavy (non-hydrogen) atoms. The van der Waals surface area contributed by atoms with E-state index in [4.69, 9.17) is 9.47 Å². The van der Waals surface area contributed by atoms with E-state index in [1.165, 1.54) is 0 Å². The number of carbonyl (C=O) groups is 2. The summed E-state index contributed by atoms with van der Waals surface area (Å²) in [7, 11) is 0. The van der Waals surface area contributed by atoms with Gasteiger partial charge in [0.25, 0.3) is 0 Å². The molecule has 0 fully saturated rings. The van der Waals surface area contributed by atoms with Crippen LogP contribution in [0.3, 0.4) is 0 Å². The summed E-state index contributed by atoms with van der Waals surface area (Å²) in [4.78, 5) is 22.9. The lowest BCUT2D eigenvalue weighted by atomic mass is 10.2. The van der Waals surface area contributed by atoms with Crippen molar-refractivity contribution in [2.75, 3.05) is 6.54 Å². The van der Waals surface area contributed by atoms with E-state index < -0.39 is 23.3 Å². The Hall–Kier alpha value is -0.780. The van der Waals surface area contributed by atoms with E-state index in [0.717, 1.165) is 3.93 Å². The van der Waals surface area contributed by atoms with Crippen LogP contribution in [0.2, 0.25) is 0 Å². The molecular formula is C11H20BrNO4. The summed E-state index contributed by atoms with van der Waals surface area (Å²) in [6.07, 6.45) is -0.622. The SMILES string of the molecule is CC(C)(C)OC(=O)CN(Br)C(=O)OC(C)(C)C. The predicted molar refractivity (Wildman–Crippen MR) is 67.7 cm³/mol. The van der Waals surface area contributed by atoms with Crippen molar-refractivity contribution < 1.29 is 19.1 Å². The van der Waals surface area contributed by atoms with Crippen LogP contribution in [0.25, 0.3) is 0 Å². The number of halogens is 1. The Morgan fingerprint density at radius 1 is 1.00 bits per heavy atom. The summed E-state index contributed by atoms with van der Waals surface area (Å²) in [6.45, 7) is 10.3. The van der Waals surface area contributed by atoms with Crippen molar-refractivity contribution in [1.82, 2.24) is 3.93 Å². The maximum atomic E-state index is 11.5. The minimum absolute atomic E-state index is 0.202. The zero-order chi connectivity index (χ0) is 13.9. The lowest BCUT2D eigenvalue weighted by Crippen LogP contribution is -2.36. The Kier molecular flexibility index (Phi) is 5.45. The van der Waals surface area contributed by atoms with Gasteiger partial charge in [-0.1, -0.05) is 0 Å². The molecule has 0 aromatic carbocycles. The van der Waals surface area contributed by atoms with Gasteiger partial charge in [-0.25, -0.2) is 8.72 Å².